The highest BCUT2D eigenvalue weighted by atomic mass is 16.1. The van der Waals surface area contributed by atoms with Crippen LogP contribution in [0.3, 0.4) is 0 Å². The van der Waals surface area contributed by atoms with Gasteiger partial charge in [-0.2, -0.15) is 0 Å². The zero-order valence-electron chi connectivity index (χ0n) is 10.6. The van der Waals surface area contributed by atoms with E-state index in [0.29, 0.717) is 6.42 Å². The Bertz CT molecular complexity index is 413. The number of hydrogen-bond acceptors (Lipinski definition) is 1. The Hall–Kier alpha value is -1.63. The standard InChI is InChI=1S/C16H20O/c1-3-4-5-6-8-15-9-7-10-16(13-15)12-11-14(2)17/h3-7,9-10,13H,8,11-12H2,1-2H3/b4-3-,6-5-. The van der Waals surface area contributed by atoms with Crippen LogP contribution in [0.15, 0.2) is 48.6 Å². The second-order valence-corrected chi connectivity index (χ2v) is 4.18. The molecule has 0 aliphatic carbocycles. The van der Waals surface area contributed by atoms with Crippen molar-refractivity contribution in [2.75, 3.05) is 0 Å². The molecule has 0 aromatic heterocycles. The summed E-state index contributed by atoms with van der Waals surface area (Å²) in [5.41, 5.74) is 2.55. The number of rotatable bonds is 6. The Morgan fingerprint density at radius 1 is 1.24 bits per heavy atom. The van der Waals surface area contributed by atoms with Gasteiger partial charge in [-0.3, -0.25) is 0 Å². The maximum absolute atomic E-state index is 10.9. The first-order valence-corrected chi connectivity index (χ1v) is 6.07. The maximum Gasteiger partial charge on any atom is 0.130 e. The minimum atomic E-state index is 0.253. The minimum Gasteiger partial charge on any atom is -0.300 e. The molecule has 1 nitrogen and oxygen atoms in total. The van der Waals surface area contributed by atoms with Crippen LogP contribution in [0.1, 0.15) is 31.4 Å². The van der Waals surface area contributed by atoms with E-state index >= 15 is 0 Å². The van der Waals surface area contributed by atoms with E-state index in [-0.39, 0.29) is 5.78 Å². The second-order valence-electron chi connectivity index (χ2n) is 4.18. The van der Waals surface area contributed by atoms with E-state index < -0.39 is 0 Å². The lowest BCUT2D eigenvalue weighted by molar-refractivity contribution is -0.116. The first-order chi connectivity index (χ1) is 8.22. The number of carbonyl (C=O) groups is 1. The number of Topliss-reactive ketones (excluding diaryl/α,β-unsaturated/α-hetero) is 1. The van der Waals surface area contributed by atoms with Gasteiger partial charge in [-0.05, 0) is 37.8 Å². The highest BCUT2D eigenvalue weighted by molar-refractivity contribution is 5.75. The zero-order chi connectivity index (χ0) is 12.5. The van der Waals surface area contributed by atoms with Crippen molar-refractivity contribution in [3.63, 3.8) is 0 Å². The number of hydrogen-bond donors (Lipinski definition) is 0. The predicted molar refractivity (Wildman–Crippen MR) is 73.1 cm³/mol. The molecule has 17 heavy (non-hydrogen) atoms. The van der Waals surface area contributed by atoms with E-state index in [2.05, 4.69) is 36.4 Å². The molecule has 0 amide bonds. The second kappa shape index (κ2) is 7.61. The molecule has 1 aromatic carbocycles. The molecule has 0 aliphatic rings. The van der Waals surface area contributed by atoms with E-state index in [4.69, 9.17) is 0 Å². The molecule has 0 saturated carbocycles. The van der Waals surface area contributed by atoms with Crippen molar-refractivity contribution in [1.82, 2.24) is 0 Å². The molecule has 0 spiro atoms. The van der Waals surface area contributed by atoms with E-state index in [1.807, 2.05) is 19.1 Å². The lowest BCUT2D eigenvalue weighted by atomic mass is 10.0. The summed E-state index contributed by atoms with van der Waals surface area (Å²) < 4.78 is 0. The molecule has 0 N–H and O–H groups in total. The van der Waals surface area contributed by atoms with Crippen LogP contribution in [0.5, 0.6) is 0 Å². The fourth-order valence-corrected chi connectivity index (χ4v) is 1.63. The van der Waals surface area contributed by atoms with Crippen LogP contribution in [0.4, 0.5) is 0 Å². The molecule has 1 rings (SSSR count). The summed E-state index contributed by atoms with van der Waals surface area (Å²) in [4.78, 5) is 10.9. The predicted octanol–water partition coefficient (Wildman–Crippen LogP) is 3.88. The average Bonchev–Trinajstić information content (AvgIpc) is 2.33. The van der Waals surface area contributed by atoms with Gasteiger partial charge >= 0.3 is 0 Å². The van der Waals surface area contributed by atoms with Crippen molar-refractivity contribution in [2.24, 2.45) is 0 Å². The molecule has 0 heterocycles. The summed E-state index contributed by atoms with van der Waals surface area (Å²) in [6, 6.07) is 8.45. The van der Waals surface area contributed by atoms with Crippen LogP contribution in [0.25, 0.3) is 0 Å². The number of allylic oxidation sites excluding steroid dienone is 4. The number of benzene rings is 1. The fraction of sp³-hybridized carbons (Fsp3) is 0.312. The average molecular weight is 228 g/mol. The molecule has 90 valence electrons. The van der Waals surface area contributed by atoms with E-state index in [0.717, 1.165) is 12.8 Å². The Labute approximate surface area is 104 Å². The monoisotopic (exact) mass is 228 g/mol. The quantitative estimate of drug-likeness (QED) is 0.675. The topological polar surface area (TPSA) is 17.1 Å². The van der Waals surface area contributed by atoms with Crippen LogP contribution in [0.2, 0.25) is 0 Å². The molecule has 0 saturated heterocycles. The van der Waals surface area contributed by atoms with E-state index in [9.17, 15) is 4.79 Å². The molecular formula is C16H20O. The van der Waals surface area contributed by atoms with Gasteiger partial charge in [0.25, 0.3) is 0 Å². The Morgan fingerprint density at radius 3 is 2.71 bits per heavy atom. The summed E-state index contributed by atoms with van der Waals surface area (Å²) in [7, 11) is 0. The molecular weight excluding hydrogens is 208 g/mol. The van der Waals surface area contributed by atoms with Crippen LogP contribution in [0, 0.1) is 0 Å². The van der Waals surface area contributed by atoms with Crippen molar-refractivity contribution in [1.29, 1.82) is 0 Å². The third-order valence-electron chi connectivity index (χ3n) is 2.55. The van der Waals surface area contributed by atoms with Crippen LogP contribution in [-0.2, 0) is 17.6 Å². The maximum atomic E-state index is 10.9. The fourth-order valence-electron chi connectivity index (χ4n) is 1.63. The van der Waals surface area contributed by atoms with E-state index in [1.54, 1.807) is 6.92 Å². The Morgan fingerprint density at radius 2 is 2.00 bits per heavy atom. The molecule has 0 atom stereocenters. The third kappa shape index (κ3) is 5.86. The molecule has 0 bridgehead atoms. The zero-order valence-corrected chi connectivity index (χ0v) is 10.6. The summed E-state index contributed by atoms with van der Waals surface area (Å²) >= 11 is 0. The number of ketones is 1. The van der Waals surface area contributed by atoms with Gasteiger partial charge in [0.2, 0.25) is 0 Å². The molecule has 0 fully saturated rings. The van der Waals surface area contributed by atoms with Crippen LogP contribution in [-0.4, -0.2) is 5.78 Å². The van der Waals surface area contributed by atoms with Crippen molar-refractivity contribution in [2.45, 2.75) is 33.1 Å². The van der Waals surface area contributed by atoms with E-state index in [1.165, 1.54) is 11.1 Å². The van der Waals surface area contributed by atoms with Gasteiger partial charge in [0.15, 0.2) is 0 Å². The third-order valence-corrected chi connectivity index (χ3v) is 2.55. The molecule has 0 aliphatic heterocycles. The Balaban J connectivity index is 2.56. The molecule has 1 aromatic rings. The van der Waals surface area contributed by atoms with Crippen molar-refractivity contribution in [3.05, 3.63) is 59.7 Å². The van der Waals surface area contributed by atoms with Crippen molar-refractivity contribution >= 4 is 5.78 Å². The van der Waals surface area contributed by atoms with Gasteiger partial charge < -0.3 is 4.79 Å². The summed E-state index contributed by atoms with van der Waals surface area (Å²) in [5, 5.41) is 0. The van der Waals surface area contributed by atoms with Crippen molar-refractivity contribution in [3.8, 4) is 0 Å². The highest BCUT2D eigenvalue weighted by Gasteiger charge is 1.97. The van der Waals surface area contributed by atoms with Gasteiger partial charge in [0, 0.05) is 6.42 Å². The largest absolute Gasteiger partial charge is 0.300 e. The van der Waals surface area contributed by atoms with Gasteiger partial charge in [0.1, 0.15) is 5.78 Å². The summed E-state index contributed by atoms with van der Waals surface area (Å²) in [5.74, 6) is 0.253. The number of carbonyl (C=O) groups excluding carboxylic acids is 1. The minimum absolute atomic E-state index is 0.253. The molecule has 1 heteroatoms. The van der Waals surface area contributed by atoms with Gasteiger partial charge in [-0.1, -0.05) is 48.6 Å². The van der Waals surface area contributed by atoms with Gasteiger partial charge in [-0.15, -0.1) is 0 Å². The van der Waals surface area contributed by atoms with Crippen molar-refractivity contribution < 1.29 is 4.79 Å². The SMILES string of the molecule is C/C=C\C=C/Cc1cccc(CCC(C)=O)c1. The van der Waals surface area contributed by atoms with Crippen LogP contribution < -0.4 is 0 Å². The normalized spacial score (nSPS) is 11.4. The molecule has 0 unspecified atom stereocenters. The smallest absolute Gasteiger partial charge is 0.130 e. The first-order valence-electron chi connectivity index (χ1n) is 6.07. The highest BCUT2D eigenvalue weighted by Crippen LogP contribution is 2.09. The van der Waals surface area contributed by atoms with Crippen LogP contribution >= 0.6 is 0 Å². The summed E-state index contributed by atoms with van der Waals surface area (Å²) in [6.45, 7) is 3.65. The first kappa shape index (κ1) is 13.4. The van der Waals surface area contributed by atoms with Gasteiger partial charge in [0.05, 0.1) is 0 Å². The lowest BCUT2D eigenvalue weighted by Crippen LogP contribution is -1.94. The summed E-state index contributed by atoms with van der Waals surface area (Å²) in [6.07, 6.45) is 10.7. The van der Waals surface area contributed by atoms with Gasteiger partial charge in [-0.25, -0.2) is 0 Å². The lowest BCUT2D eigenvalue weighted by Gasteiger charge is -2.02. The number of aryl methyl sites for hydroxylation is 1. The molecule has 0 radical (unpaired) electrons. The Kier molecular flexibility index (Phi) is 6.02.